The van der Waals surface area contributed by atoms with Crippen LogP contribution in [0.15, 0.2) is 6.33 Å². The summed E-state index contributed by atoms with van der Waals surface area (Å²) in [6.45, 7) is 4.26. The van der Waals surface area contributed by atoms with Crippen LogP contribution < -0.4 is 0 Å². The van der Waals surface area contributed by atoms with E-state index in [4.69, 9.17) is 11.6 Å². The maximum atomic E-state index is 5.96. The van der Waals surface area contributed by atoms with Gasteiger partial charge in [0.05, 0.1) is 0 Å². The van der Waals surface area contributed by atoms with Gasteiger partial charge in [0.1, 0.15) is 11.5 Å². The van der Waals surface area contributed by atoms with Crippen molar-refractivity contribution in [1.29, 1.82) is 0 Å². The average Bonchev–Trinajstić information content (AvgIpc) is 2.15. The van der Waals surface area contributed by atoms with Crippen LogP contribution in [-0.2, 0) is 12.8 Å². The first-order valence-electron chi connectivity index (χ1n) is 4.77. The summed E-state index contributed by atoms with van der Waals surface area (Å²) < 4.78 is 0. The van der Waals surface area contributed by atoms with E-state index in [0.717, 1.165) is 24.1 Å². The Balaban J connectivity index is 2.85. The second-order valence-corrected chi connectivity index (χ2v) is 3.40. The van der Waals surface area contributed by atoms with Crippen molar-refractivity contribution in [2.24, 2.45) is 0 Å². The van der Waals surface area contributed by atoms with Crippen molar-refractivity contribution in [1.82, 2.24) is 9.97 Å². The van der Waals surface area contributed by atoms with Gasteiger partial charge in [-0.25, -0.2) is 9.97 Å². The summed E-state index contributed by atoms with van der Waals surface area (Å²) in [5.74, 6) is 0. The van der Waals surface area contributed by atoms with Crippen LogP contribution in [-0.4, -0.2) is 9.97 Å². The molecule has 3 heteroatoms. The van der Waals surface area contributed by atoms with Crippen molar-refractivity contribution in [3.05, 3.63) is 22.7 Å². The molecule has 13 heavy (non-hydrogen) atoms. The lowest BCUT2D eigenvalue weighted by molar-refractivity contribution is 0.761. The number of hydrogen-bond acceptors (Lipinski definition) is 2. The van der Waals surface area contributed by atoms with E-state index in [1.54, 1.807) is 6.33 Å². The molecule has 0 saturated heterocycles. The number of nitrogens with zero attached hydrogens (tertiary/aromatic N) is 2. The van der Waals surface area contributed by atoms with Crippen LogP contribution in [0.3, 0.4) is 0 Å². The molecule has 0 unspecified atom stereocenters. The predicted molar refractivity (Wildman–Crippen MR) is 55.0 cm³/mol. The molecule has 0 radical (unpaired) electrons. The quantitative estimate of drug-likeness (QED) is 0.696. The summed E-state index contributed by atoms with van der Waals surface area (Å²) in [6, 6.07) is 0. The summed E-state index contributed by atoms with van der Waals surface area (Å²) in [5.41, 5.74) is 2.22. The van der Waals surface area contributed by atoms with Crippen molar-refractivity contribution in [3.8, 4) is 0 Å². The van der Waals surface area contributed by atoms with Crippen molar-refractivity contribution in [2.45, 2.75) is 39.5 Å². The van der Waals surface area contributed by atoms with Gasteiger partial charge in [0.15, 0.2) is 0 Å². The van der Waals surface area contributed by atoms with Crippen molar-refractivity contribution < 1.29 is 0 Å². The lowest BCUT2D eigenvalue weighted by Crippen LogP contribution is -1.99. The molecule has 2 nitrogen and oxygen atoms in total. The van der Waals surface area contributed by atoms with Crippen molar-refractivity contribution in [2.75, 3.05) is 0 Å². The van der Waals surface area contributed by atoms with Crippen LogP contribution in [0, 0.1) is 0 Å². The Labute approximate surface area is 84.4 Å². The molecule has 0 bridgehead atoms. The van der Waals surface area contributed by atoms with Crippen LogP contribution in [0.4, 0.5) is 0 Å². The highest BCUT2D eigenvalue weighted by Crippen LogP contribution is 2.17. The van der Waals surface area contributed by atoms with E-state index in [9.17, 15) is 0 Å². The van der Waals surface area contributed by atoms with E-state index in [2.05, 4.69) is 23.8 Å². The third-order valence-corrected chi connectivity index (χ3v) is 2.43. The Kier molecular flexibility index (Phi) is 4.16. The molecule has 0 aliphatic heterocycles. The largest absolute Gasteiger partial charge is 0.241 e. The molecule has 1 rings (SSSR count). The maximum Gasteiger partial charge on any atom is 0.135 e. The van der Waals surface area contributed by atoms with Gasteiger partial charge in [0, 0.05) is 11.3 Å². The van der Waals surface area contributed by atoms with Gasteiger partial charge in [-0.3, -0.25) is 0 Å². The molecule has 0 aliphatic rings. The minimum atomic E-state index is 0.614. The van der Waals surface area contributed by atoms with Crippen LogP contribution in [0.25, 0.3) is 0 Å². The lowest BCUT2D eigenvalue weighted by atomic mass is 10.1. The molecule has 0 aromatic carbocycles. The summed E-state index contributed by atoms with van der Waals surface area (Å²) in [7, 11) is 0. The highest BCUT2D eigenvalue weighted by molar-refractivity contribution is 6.30. The fourth-order valence-electron chi connectivity index (χ4n) is 1.33. The highest BCUT2D eigenvalue weighted by Gasteiger charge is 2.06. The first-order valence-corrected chi connectivity index (χ1v) is 5.15. The molecule has 0 N–H and O–H groups in total. The third kappa shape index (κ3) is 2.66. The molecule has 72 valence electrons. The minimum absolute atomic E-state index is 0.614. The zero-order valence-corrected chi connectivity index (χ0v) is 8.93. The molecule has 0 spiro atoms. The number of unbranched alkanes of at least 4 members (excludes halogenated alkanes) is 1. The topological polar surface area (TPSA) is 25.8 Å². The molecular weight excluding hydrogens is 184 g/mol. The SMILES string of the molecule is CCCCc1ncnc(Cl)c1CC. The Morgan fingerprint density at radius 1 is 1.31 bits per heavy atom. The van der Waals surface area contributed by atoms with E-state index in [1.165, 1.54) is 12.8 Å². The zero-order valence-electron chi connectivity index (χ0n) is 8.18. The smallest absolute Gasteiger partial charge is 0.135 e. The predicted octanol–water partition coefficient (Wildman–Crippen LogP) is 3.04. The molecule has 0 atom stereocenters. The highest BCUT2D eigenvalue weighted by atomic mass is 35.5. The minimum Gasteiger partial charge on any atom is -0.241 e. The van der Waals surface area contributed by atoms with E-state index in [1.807, 2.05) is 0 Å². The second-order valence-electron chi connectivity index (χ2n) is 3.05. The van der Waals surface area contributed by atoms with Crippen molar-refractivity contribution >= 4 is 11.6 Å². The second kappa shape index (κ2) is 5.18. The molecule has 0 fully saturated rings. The van der Waals surface area contributed by atoms with Crippen LogP contribution >= 0.6 is 11.6 Å². The van der Waals surface area contributed by atoms with E-state index in [-0.39, 0.29) is 0 Å². The molecular formula is C10H15ClN2. The van der Waals surface area contributed by atoms with E-state index >= 15 is 0 Å². The van der Waals surface area contributed by atoms with Gasteiger partial charge in [0.25, 0.3) is 0 Å². The van der Waals surface area contributed by atoms with Crippen LogP contribution in [0.2, 0.25) is 5.15 Å². The number of halogens is 1. The molecule has 1 heterocycles. The number of hydrogen-bond donors (Lipinski definition) is 0. The van der Waals surface area contributed by atoms with Gasteiger partial charge in [-0.2, -0.15) is 0 Å². The lowest BCUT2D eigenvalue weighted by Gasteiger charge is -2.06. The van der Waals surface area contributed by atoms with E-state index in [0.29, 0.717) is 5.15 Å². The van der Waals surface area contributed by atoms with Crippen LogP contribution in [0.1, 0.15) is 37.9 Å². The normalized spacial score (nSPS) is 10.4. The third-order valence-electron chi connectivity index (χ3n) is 2.10. The molecule has 1 aromatic heterocycles. The van der Waals surface area contributed by atoms with Gasteiger partial charge in [-0.15, -0.1) is 0 Å². The monoisotopic (exact) mass is 198 g/mol. The first-order chi connectivity index (χ1) is 6.29. The van der Waals surface area contributed by atoms with Gasteiger partial charge < -0.3 is 0 Å². The van der Waals surface area contributed by atoms with Gasteiger partial charge in [-0.05, 0) is 19.3 Å². The summed E-state index contributed by atoms with van der Waals surface area (Å²) >= 11 is 5.96. The fourth-order valence-corrected chi connectivity index (χ4v) is 1.62. The number of aromatic nitrogens is 2. The standard InChI is InChI=1S/C10H15ClN2/c1-3-5-6-9-8(4-2)10(11)13-7-12-9/h7H,3-6H2,1-2H3. The summed E-state index contributed by atoms with van der Waals surface area (Å²) in [6.07, 6.45) is 5.83. The van der Waals surface area contributed by atoms with Gasteiger partial charge >= 0.3 is 0 Å². The maximum absolute atomic E-state index is 5.96. The molecule has 1 aromatic rings. The number of aryl methyl sites for hydroxylation is 1. The summed E-state index contributed by atoms with van der Waals surface area (Å²) in [5, 5.41) is 0.614. The summed E-state index contributed by atoms with van der Waals surface area (Å²) in [4.78, 5) is 8.23. The Bertz CT molecular complexity index is 274. The molecule has 0 saturated carbocycles. The molecule has 0 amide bonds. The zero-order chi connectivity index (χ0) is 9.68. The first kappa shape index (κ1) is 10.5. The fraction of sp³-hybridized carbons (Fsp3) is 0.600. The Hall–Kier alpha value is -0.630. The van der Waals surface area contributed by atoms with Crippen molar-refractivity contribution in [3.63, 3.8) is 0 Å². The van der Waals surface area contributed by atoms with Gasteiger partial charge in [-0.1, -0.05) is 31.9 Å². The van der Waals surface area contributed by atoms with E-state index < -0.39 is 0 Å². The average molecular weight is 199 g/mol. The van der Waals surface area contributed by atoms with Gasteiger partial charge in [0.2, 0.25) is 0 Å². The number of rotatable bonds is 4. The molecule has 0 aliphatic carbocycles. The Morgan fingerprint density at radius 3 is 2.69 bits per heavy atom. The van der Waals surface area contributed by atoms with Crippen LogP contribution in [0.5, 0.6) is 0 Å². The Morgan fingerprint density at radius 2 is 2.08 bits per heavy atom.